The van der Waals surface area contributed by atoms with Crippen LogP contribution in [0.2, 0.25) is 0 Å². The molecule has 0 radical (unpaired) electrons. The molecule has 8 nitrogen and oxygen atoms in total. The SMILES string of the molecule is CCOC(=O)c1cncc(-c2cnc(Nc3cccc(C)c3)nc2-n2nc(C(F)(F)F)cc2C)c1. The van der Waals surface area contributed by atoms with E-state index in [1.165, 1.54) is 31.6 Å². The zero-order valence-corrected chi connectivity index (χ0v) is 19.1. The summed E-state index contributed by atoms with van der Waals surface area (Å²) in [6.45, 7) is 5.29. The van der Waals surface area contributed by atoms with Crippen LogP contribution in [0.25, 0.3) is 16.9 Å². The van der Waals surface area contributed by atoms with E-state index >= 15 is 0 Å². The second kappa shape index (κ2) is 9.53. The Morgan fingerprint density at radius 2 is 1.91 bits per heavy atom. The minimum absolute atomic E-state index is 0.0889. The summed E-state index contributed by atoms with van der Waals surface area (Å²) >= 11 is 0. The first-order valence-electron chi connectivity index (χ1n) is 10.6. The maximum absolute atomic E-state index is 13.4. The smallest absolute Gasteiger partial charge is 0.435 e. The van der Waals surface area contributed by atoms with Gasteiger partial charge in [-0.2, -0.15) is 23.3 Å². The predicted molar refractivity (Wildman–Crippen MR) is 123 cm³/mol. The topological polar surface area (TPSA) is 94.8 Å². The van der Waals surface area contributed by atoms with E-state index in [0.29, 0.717) is 16.8 Å². The number of hydrogen-bond acceptors (Lipinski definition) is 7. The molecule has 3 aromatic heterocycles. The van der Waals surface area contributed by atoms with E-state index in [0.717, 1.165) is 16.3 Å². The van der Waals surface area contributed by atoms with E-state index in [1.54, 1.807) is 6.92 Å². The first-order chi connectivity index (χ1) is 16.7. The molecule has 0 spiro atoms. The summed E-state index contributed by atoms with van der Waals surface area (Å²) < 4.78 is 46.2. The van der Waals surface area contributed by atoms with Gasteiger partial charge in [-0.05, 0) is 50.6 Å². The molecule has 0 unspecified atom stereocenters. The highest BCUT2D eigenvalue weighted by molar-refractivity contribution is 5.90. The van der Waals surface area contributed by atoms with Crippen LogP contribution < -0.4 is 5.32 Å². The molecular formula is C24H21F3N6O2. The number of pyridine rings is 1. The molecule has 0 aliphatic rings. The molecular weight excluding hydrogens is 461 g/mol. The number of alkyl halides is 3. The standard InChI is InChI=1S/C24H21F3N6O2/c1-4-35-22(34)17-10-16(11-28-12-17)19-13-29-23(30-18-7-5-6-14(2)8-18)31-21(19)33-15(3)9-20(32-33)24(25,26)27/h5-13H,4H2,1-3H3,(H,29,30,31). The van der Waals surface area contributed by atoms with Gasteiger partial charge in [-0.25, -0.2) is 14.5 Å². The number of nitrogens with zero attached hydrogens (tertiary/aromatic N) is 5. The minimum atomic E-state index is -4.63. The Balaban J connectivity index is 1.85. The van der Waals surface area contributed by atoms with Gasteiger partial charge in [0.1, 0.15) is 0 Å². The van der Waals surface area contributed by atoms with Gasteiger partial charge in [0.15, 0.2) is 11.5 Å². The van der Waals surface area contributed by atoms with Crippen molar-refractivity contribution >= 4 is 17.6 Å². The van der Waals surface area contributed by atoms with Gasteiger partial charge in [0, 0.05) is 41.1 Å². The molecule has 0 atom stereocenters. The van der Waals surface area contributed by atoms with Gasteiger partial charge in [-0.3, -0.25) is 4.98 Å². The lowest BCUT2D eigenvalue weighted by Crippen LogP contribution is -2.11. The highest BCUT2D eigenvalue weighted by Gasteiger charge is 2.35. The number of halogens is 3. The van der Waals surface area contributed by atoms with Gasteiger partial charge < -0.3 is 10.1 Å². The first kappa shape index (κ1) is 23.9. The van der Waals surface area contributed by atoms with E-state index in [4.69, 9.17) is 4.74 Å². The Labute approximate surface area is 198 Å². The van der Waals surface area contributed by atoms with Crippen molar-refractivity contribution in [2.24, 2.45) is 0 Å². The highest BCUT2D eigenvalue weighted by atomic mass is 19.4. The van der Waals surface area contributed by atoms with Gasteiger partial charge in [-0.1, -0.05) is 12.1 Å². The van der Waals surface area contributed by atoms with E-state index in [9.17, 15) is 18.0 Å². The molecule has 0 aliphatic carbocycles. The third-order valence-electron chi connectivity index (χ3n) is 4.98. The predicted octanol–water partition coefficient (Wildman–Crippen LogP) is 5.28. The largest absolute Gasteiger partial charge is 0.462 e. The van der Waals surface area contributed by atoms with Crippen molar-refractivity contribution in [2.75, 3.05) is 11.9 Å². The average Bonchev–Trinajstić information content (AvgIpc) is 3.21. The van der Waals surface area contributed by atoms with Crippen molar-refractivity contribution in [3.63, 3.8) is 0 Å². The summed E-state index contributed by atoms with van der Waals surface area (Å²) in [4.78, 5) is 25.1. The number of carbonyl (C=O) groups excluding carboxylic acids is 1. The molecule has 0 amide bonds. The molecule has 180 valence electrons. The second-order valence-corrected chi connectivity index (χ2v) is 7.69. The molecule has 1 N–H and O–H groups in total. The summed E-state index contributed by atoms with van der Waals surface area (Å²) in [5.41, 5.74) is 1.81. The lowest BCUT2D eigenvalue weighted by Gasteiger charge is -2.13. The zero-order valence-electron chi connectivity index (χ0n) is 19.1. The number of benzene rings is 1. The lowest BCUT2D eigenvalue weighted by atomic mass is 10.1. The van der Waals surface area contributed by atoms with Crippen molar-refractivity contribution in [1.29, 1.82) is 0 Å². The van der Waals surface area contributed by atoms with Gasteiger partial charge >= 0.3 is 12.1 Å². The maximum Gasteiger partial charge on any atom is 0.435 e. The number of anilines is 2. The summed E-state index contributed by atoms with van der Waals surface area (Å²) in [5.74, 6) is -0.324. The number of hydrogen-bond donors (Lipinski definition) is 1. The third kappa shape index (κ3) is 5.29. The molecule has 0 aliphatic heterocycles. The summed E-state index contributed by atoms with van der Waals surface area (Å²) in [7, 11) is 0. The summed E-state index contributed by atoms with van der Waals surface area (Å²) in [5, 5.41) is 6.81. The first-order valence-corrected chi connectivity index (χ1v) is 10.6. The van der Waals surface area contributed by atoms with Gasteiger partial charge in [-0.15, -0.1) is 0 Å². The van der Waals surface area contributed by atoms with Crippen LogP contribution in [0.15, 0.2) is 55.0 Å². The number of esters is 1. The van der Waals surface area contributed by atoms with Gasteiger partial charge in [0.2, 0.25) is 5.95 Å². The molecule has 4 rings (SSSR count). The maximum atomic E-state index is 13.4. The Kier molecular flexibility index (Phi) is 6.50. The number of nitrogens with one attached hydrogen (secondary N) is 1. The molecule has 35 heavy (non-hydrogen) atoms. The fourth-order valence-corrected chi connectivity index (χ4v) is 3.39. The Morgan fingerprint density at radius 3 is 2.60 bits per heavy atom. The quantitative estimate of drug-likeness (QED) is 0.374. The Bertz CT molecular complexity index is 1380. The van der Waals surface area contributed by atoms with Crippen molar-refractivity contribution in [3.8, 4) is 16.9 Å². The average molecular weight is 482 g/mol. The molecule has 0 fully saturated rings. The zero-order chi connectivity index (χ0) is 25.2. The fraction of sp³-hybridized carbons (Fsp3) is 0.208. The van der Waals surface area contributed by atoms with Crippen LogP contribution in [0.1, 0.15) is 34.2 Å². The van der Waals surface area contributed by atoms with Crippen molar-refractivity contribution < 1.29 is 22.7 Å². The van der Waals surface area contributed by atoms with E-state index in [-0.39, 0.29) is 29.6 Å². The highest BCUT2D eigenvalue weighted by Crippen LogP contribution is 2.32. The summed E-state index contributed by atoms with van der Waals surface area (Å²) in [6, 6.07) is 9.93. The number of rotatable bonds is 6. The molecule has 0 bridgehead atoms. The molecule has 4 aromatic rings. The van der Waals surface area contributed by atoms with Crippen LogP contribution >= 0.6 is 0 Å². The van der Waals surface area contributed by atoms with E-state index in [2.05, 4.69) is 25.4 Å². The number of aromatic nitrogens is 5. The van der Waals surface area contributed by atoms with E-state index in [1.807, 2.05) is 31.2 Å². The molecule has 11 heteroatoms. The number of ether oxygens (including phenoxy) is 1. The van der Waals surface area contributed by atoms with Crippen LogP contribution in [-0.2, 0) is 10.9 Å². The third-order valence-corrected chi connectivity index (χ3v) is 4.98. The van der Waals surface area contributed by atoms with E-state index < -0.39 is 17.8 Å². The molecule has 1 aromatic carbocycles. The Hall–Kier alpha value is -4.28. The van der Waals surface area contributed by atoms with Crippen LogP contribution in [0.3, 0.4) is 0 Å². The number of carbonyl (C=O) groups is 1. The lowest BCUT2D eigenvalue weighted by molar-refractivity contribution is -0.141. The van der Waals surface area contributed by atoms with Gasteiger partial charge in [0.25, 0.3) is 0 Å². The van der Waals surface area contributed by atoms with Crippen LogP contribution in [0, 0.1) is 13.8 Å². The monoisotopic (exact) mass is 482 g/mol. The van der Waals surface area contributed by atoms with Crippen LogP contribution in [0.4, 0.5) is 24.8 Å². The molecule has 0 saturated carbocycles. The van der Waals surface area contributed by atoms with Crippen molar-refractivity contribution in [2.45, 2.75) is 26.9 Å². The normalized spacial score (nSPS) is 11.4. The number of aryl methyl sites for hydroxylation is 2. The second-order valence-electron chi connectivity index (χ2n) is 7.69. The molecule has 0 saturated heterocycles. The van der Waals surface area contributed by atoms with Crippen molar-refractivity contribution in [1.82, 2.24) is 24.7 Å². The molecule has 3 heterocycles. The van der Waals surface area contributed by atoms with Gasteiger partial charge in [0.05, 0.1) is 12.2 Å². The fourth-order valence-electron chi connectivity index (χ4n) is 3.39. The minimum Gasteiger partial charge on any atom is -0.462 e. The van der Waals surface area contributed by atoms with Crippen LogP contribution in [0.5, 0.6) is 0 Å². The summed E-state index contributed by atoms with van der Waals surface area (Å²) in [6.07, 6.45) is -0.378. The Morgan fingerprint density at radius 1 is 1.11 bits per heavy atom. The van der Waals surface area contributed by atoms with Crippen LogP contribution in [-0.4, -0.2) is 37.3 Å². The van der Waals surface area contributed by atoms with Crippen molar-refractivity contribution in [3.05, 3.63) is 77.5 Å².